The van der Waals surface area contributed by atoms with Gasteiger partial charge in [0.05, 0.1) is 10.3 Å². The first-order chi connectivity index (χ1) is 27.6. The number of H-pyrrole nitrogens is 1. The van der Waals surface area contributed by atoms with Crippen LogP contribution in [0.25, 0.3) is 10.9 Å². The summed E-state index contributed by atoms with van der Waals surface area (Å²) in [6.45, 7) is 13.9. The molecule has 5 heterocycles. The van der Waals surface area contributed by atoms with Crippen LogP contribution in [0.1, 0.15) is 73.6 Å². The van der Waals surface area contributed by atoms with Gasteiger partial charge < -0.3 is 25.2 Å². The van der Waals surface area contributed by atoms with Crippen LogP contribution < -0.4 is 20.7 Å². The molecule has 17 nitrogen and oxygen atoms in total. The van der Waals surface area contributed by atoms with E-state index in [2.05, 4.69) is 45.9 Å². The fourth-order valence-electron chi connectivity index (χ4n) is 7.44. The molecule has 1 unspecified atom stereocenters. The van der Waals surface area contributed by atoms with E-state index in [-0.39, 0.29) is 54.4 Å². The van der Waals surface area contributed by atoms with Crippen LogP contribution in [0.15, 0.2) is 41.6 Å². The zero-order valence-corrected chi connectivity index (χ0v) is 34.3. The third-order valence-corrected chi connectivity index (χ3v) is 13.7. The number of carbonyl (C=O) groups is 4. The van der Waals surface area contributed by atoms with E-state index in [1.807, 2.05) is 13.8 Å². The summed E-state index contributed by atoms with van der Waals surface area (Å²) in [6, 6.07) is 7.70. The molecule has 3 aliphatic heterocycles. The number of ether oxygens (including phenoxy) is 1. The van der Waals surface area contributed by atoms with E-state index in [9.17, 15) is 27.6 Å². The number of hydrogen-bond acceptors (Lipinski definition) is 13. The normalized spacial score (nSPS) is 18.1. The molecule has 1 atom stereocenters. The van der Waals surface area contributed by atoms with E-state index in [1.165, 1.54) is 11.2 Å². The molecular formula is C40H50N10O7S. The molecule has 0 spiro atoms. The average molecular weight is 815 g/mol. The molecule has 2 aromatic heterocycles. The summed E-state index contributed by atoms with van der Waals surface area (Å²) >= 11 is 0. The lowest BCUT2D eigenvalue weighted by atomic mass is 10.0. The number of amides is 4. The number of benzene rings is 2. The van der Waals surface area contributed by atoms with Crippen LogP contribution in [0.5, 0.6) is 5.75 Å². The van der Waals surface area contributed by atoms with E-state index >= 15 is 0 Å². The molecule has 0 bridgehead atoms. The van der Waals surface area contributed by atoms with E-state index in [0.717, 1.165) is 44.0 Å². The number of hydrogen-bond donors (Lipinski definition) is 4. The zero-order chi connectivity index (χ0) is 41.4. The molecule has 2 fully saturated rings. The third kappa shape index (κ3) is 8.40. The minimum absolute atomic E-state index is 0.0773. The molecule has 0 aliphatic carbocycles. The van der Waals surface area contributed by atoms with Crippen LogP contribution in [-0.2, 0) is 30.8 Å². The first-order valence-electron chi connectivity index (χ1n) is 19.6. The second-order valence-corrected chi connectivity index (χ2v) is 18.7. The first kappa shape index (κ1) is 40.7. The van der Waals surface area contributed by atoms with Crippen molar-refractivity contribution in [1.82, 2.24) is 40.2 Å². The number of aromatic amines is 1. The van der Waals surface area contributed by atoms with Gasteiger partial charge in [0.25, 0.3) is 5.91 Å². The maximum atomic E-state index is 13.9. The van der Waals surface area contributed by atoms with Crippen LogP contribution in [0.4, 0.5) is 17.3 Å². The second-order valence-electron chi connectivity index (χ2n) is 16.0. The fourth-order valence-corrected chi connectivity index (χ4v) is 8.75. The quantitative estimate of drug-likeness (QED) is 0.143. The van der Waals surface area contributed by atoms with E-state index in [0.29, 0.717) is 58.7 Å². The van der Waals surface area contributed by atoms with Crippen LogP contribution in [0.3, 0.4) is 0 Å². The molecule has 58 heavy (non-hydrogen) atoms. The minimum atomic E-state index is -3.82. The smallest absolute Gasteiger partial charge is 0.255 e. The Bertz CT molecular complexity index is 2370. The van der Waals surface area contributed by atoms with Crippen LogP contribution >= 0.6 is 0 Å². The number of nitrogens with zero attached hydrogens (tertiary/aromatic N) is 6. The van der Waals surface area contributed by atoms with E-state index < -0.39 is 26.5 Å². The highest BCUT2D eigenvalue weighted by molar-refractivity contribution is 7.92. The molecule has 4 amide bonds. The van der Waals surface area contributed by atoms with Gasteiger partial charge in [-0.05, 0) is 72.2 Å². The number of rotatable bonds is 13. The summed E-state index contributed by atoms with van der Waals surface area (Å²) in [7, 11) is -3.82. The second kappa shape index (κ2) is 16.4. The molecule has 3 aliphatic rings. The van der Waals surface area contributed by atoms with Gasteiger partial charge in [0.1, 0.15) is 35.4 Å². The van der Waals surface area contributed by atoms with Crippen molar-refractivity contribution >= 4 is 61.7 Å². The maximum absolute atomic E-state index is 13.9. The van der Waals surface area contributed by atoms with Gasteiger partial charge in [-0.25, -0.2) is 18.4 Å². The zero-order valence-electron chi connectivity index (χ0n) is 33.5. The number of piperazine rings is 1. The summed E-state index contributed by atoms with van der Waals surface area (Å²) in [6.07, 6.45) is 2.82. The Morgan fingerprint density at radius 2 is 1.74 bits per heavy atom. The topological polar surface area (TPSA) is 212 Å². The van der Waals surface area contributed by atoms with Crippen molar-refractivity contribution in [2.75, 3.05) is 56.5 Å². The largest absolute Gasteiger partial charge is 0.491 e. The molecule has 2 saturated heterocycles. The Kier molecular flexibility index (Phi) is 11.5. The van der Waals surface area contributed by atoms with Gasteiger partial charge in [-0.15, -0.1) is 0 Å². The number of sulfone groups is 1. The number of imide groups is 1. The van der Waals surface area contributed by atoms with Crippen molar-refractivity contribution in [3.05, 3.63) is 59.0 Å². The monoisotopic (exact) mass is 814 g/mol. The number of anilines is 3. The maximum Gasteiger partial charge on any atom is 0.255 e. The van der Waals surface area contributed by atoms with E-state index in [4.69, 9.17) is 4.74 Å². The van der Waals surface area contributed by atoms with Crippen molar-refractivity contribution in [1.29, 1.82) is 0 Å². The van der Waals surface area contributed by atoms with Gasteiger partial charge in [0.15, 0.2) is 15.7 Å². The highest BCUT2D eigenvalue weighted by Gasteiger charge is 2.40. The Morgan fingerprint density at radius 3 is 2.43 bits per heavy atom. The molecule has 4 aromatic rings. The number of aryl methyl sites for hydroxylation is 1. The SMILES string of the molecule is Cc1[nH]nc(Nc2ncnc3cc(OCCN4CCN(CCCC(=O)Nc5cccc6c5CN(C5CCC(=O)NC5=O)C6=O)CC4)c(S(=O)(=O)C(C)(C)C)cc23)c1C. The minimum Gasteiger partial charge on any atom is -0.491 e. The van der Waals surface area contributed by atoms with Gasteiger partial charge in [-0.2, -0.15) is 5.10 Å². The summed E-state index contributed by atoms with van der Waals surface area (Å²) < 4.78 is 32.9. The molecule has 7 rings (SSSR count). The predicted octanol–water partition coefficient (Wildman–Crippen LogP) is 3.46. The molecular weight excluding hydrogens is 765 g/mol. The van der Waals surface area contributed by atoms with Gasteiger partial charge in [0, 0.05) is 91.6 Å². The molecule has 4 N–H and O–H groups in total. The number of piperidine rings is 1. The third-order valence-electron chi connectivity index (χ3n) is 11.2. The number of aromatic nitrogens is 4. The van der Waals surface area contributed by atoms with Gasteiger partial charge in [-0.3, -0.25) is 34.5 Å². The lowest BCUT2D eigenvalue weighted by Crippen LogP contribution is -2.52. The Hall–Kier alpha value is -5.46. The van der Waals surface area contributed by atoms with Gasteiger partial charge >= 0.3 is 0 Å². The molecule has 18 heteroatoms. The molecule has 0 radical (unpaired) electrons. The number of fused-ring (bicyclic) bond motifs is 2. The number of nitrogens with one attached hydrogen (secondary N) is 4. The van der Waals surface area contributed by atoms with Crippen molar-refractivity contribution < 1.29 is 32.3 Å². The van der Waals surface area contributed by atoms with Gasteiger partial charge in [-0.1, -0.05) is 6.07 Å². The lowest BCUT2D eigenvalue weighted by Gasteiger charge is -2.34. The highest BCUT2D eigenvalue weighted by Crippen LogP contribution is 2.37. The van der Waals surface area contributed by atoms with Crippen LogP contribution in [-0.4, -0.2) is 124 Å². The van der Waals surface area contributed by atoms with Crippen molar-refractivity contribution in [2.24, 2.45) is 0 Å². The molecule has 2 aromatic carbocycles. The van der Waals surface area contributed by atoms with Crippen molar-refractivity contribution in [3.63, 3.8) is 0 Å². The lowest BCUT2D eigenvalue weighted by molar-refractivity contribution is -0.137. The molecule has 308 valence electrons. The summed E-state index contributed by atoms with van der Waals surface area (Å²) in [5.74, 6) is 0.0212. The Balaban J connectivity index is 0.900. The van der Waals surface area contributed by atoms with Gasteiger partial charge in [0.2, 0.25) is 17.7 Å². The number of carbonyl (C=O) groups excluding carboxylic acids is 4. The Morgan fingerprint density at radius 1 is 1.00 bits per heavy atom. The molecule has 0 saturated carbocycles. The summed E-state index contributed by atoms with van der Waals surface area (Å²) in [5, 5.41) is 16.3. The Labute approximate surface area is 337 Å². The predicted molar refractivity (Wildman–Crippen MR) is 217 cm³/mol. The summed E-state index contributed by atoms with van der Waals surface area (Å²) in [4.78, 5) is 65.2. The van der Waals surface area contributed by atoms with Crippen LogP contribution in [0.2, 0.25) is 0 Å². The fraction of sp³-hybridized carbons (Fsp3) is 0.475. The van der Waals surface area contributed by atoms with Crippen LogP contribution in [0, 0.1) is 13.8 Å². The van der Waals surface area contributed by atoms with Crippen molar-refractivity contribution in [2.45, 2.75) is 82.5 Å². The van der Waals surface area contributed by atoms with E-state index in [1.54, 1.807) is 51.1 Å². The summed E-state index contributed by atoms with van der Waals surface area (Å²) in [5.41, 5.74) is 4.04. The highest BCUT2D eigenvalue weighted by atomic mass is 32.2. The standard InChI is InChI=1S/C40H50N10O7S/c1-24-25(2)46-47-36(24)45-37-27-20-33(58(55,56)40(3,4)5)32(21-30(27)41-23-42-37)57-19-18-49-16-14-48(15-17-49)13-7-10-34(51)43-29-9-6-8-26-28(29)22-50(39(26)54)31-11-12-35(52)44-38(31)53/h6,8-9,20-21,23,31H,7,10-19,22H2,1-5H3,(H,43,51)(H,44,52,53)(H2,41,42,45,46,47). The average Bonchev–Trinajstić information content (AvgIpc) is 3.68. The first-order valence-corrected chi connectivity index (χ1v) is 21.0. The van der Waals surface area contributed by atoms with Crippen molar-refractivity contribution in [3.8, 4) is 5.75 Å².